The summed E-state index contributed by atoms with van der Waals surface area (Å²) >= 11 is 0. The van der Waals surface area contributed by atoms with Crippen LogP contribution in [0, 0.1) is 0 Å². The molecule has 49 heavy (non-hydrogen) atoms. The molecule has 0 unspecified atom stereocenters. The van der Waals surface area contributed by atoms with E-state index < -0.39 is 84.1 Å². The Kier molecular flexibility index (Phi) is 4.19. The first-order chi connectivity index (χ1) is 29.4. The fraction of sp³-hybridized carbons (Fsp3) is 0.0465. The van der Waals surface area contributed by atoms with Gasteiger partial charge >= 0.3 is 5.69 Å². The topological polar surface area (TPSA) is 65.8 Å². The molecule has 0 aliphatic carbocycles. The smallest absolute Gasteiger partial charge is 0.328 e. The molecule has 0 aliphatic heterocycles. The van der Waals surface area contributed by atoms with Crippen molar-refractivity contribution >= 4 is 33.0 Å². The summed E-state index contributed by atoms with van der Waals surface area (Å²) in [6.07, 6.45) is 0. The summed E-state index contributed by atoms with van der Waals surface area (Å²) in [4.78, 5) is 22.8. The van der Waals surface area contributed by atoms with Gasteiger partial charge in [-0.15, -0.1) is 0 Å². The maximum atomic E-state index is 13.3. The van der Waals surface area contributed by atoms with E-state index in [1.165, 1.54) is 6.07 Å². The zero-order chi connectivity index (χ0) is 44.2. The quantitative estimate of drug-likeness (QED) is 0.187. The van der Waals surface area contributed by atoms with Gasteiger partial charge in [-0.1, -0.05) is 109 Å². The zero-order valence-corrected chi connectivity index (χ0v) is 25.4. The maximum Gasteiger partial charge on any atom is 0.328 e. The second-order valence-corrected chi connectivity index (χ2v) is 11.4. The molecular weight excluding hydrogens is 604 g/mol. The summed E-state index contributed by atoms with van der Waals surface area (Å²) in [5.74, 6) is 0.214. The summed E-state index contributed by atoms with van der Waals surface area (Å²) in [6, 6.07) is 26.2. The van der Waals surface area contributed by atoms with Gasteiger partial charge < -0.3 is 4.42 Å². The van der Waals surface area contributed by atoms with Crippen LogP contribution in [0.1, 0.15) is 17.8 Å². The minimum Gasteiger partial charge on any atom is -0.456 e. The lowest BCUT2D eigenvalue weighted by Gasteiger charge is -2.11. The number of aryl methyl sites for hydroxylation is 2. The van der Waals surface area contributed by atoms with Crippen LogP contribution in [-0.4, -0.2) is 19.1 Å². The first-order valence-electron chi connectivity index (χ1n) is 21.7. The van der Waals surface area contributed by atoms with Crippen molar-refractivity contribution < 1.29 is 22.2 Å². The fourth-order valence-corrected chi connectivity index (χ4v) is 5.87. The third kappa shape index (κ3) is 4.93. The van der Waals surface area contributed by atoms with Crippen LogP contribution >= 0.6 is 0 Å². The predicted octanol–water partition coefficient (Wildman–Crippen LogP) is 9.90. The summed E-state index contributed by atoms with van der Waals surface area (Å²) in [5.41, 5.74) is 0.168. The van der Waals surface area contributed by atoms with Crippen molar-refractivity contribution in [1.29, 1.82) is 0 Å². The van der Waals surface area contributed by atoms with Crippen LogP contribution in [0.4, 0.5) is 0 Å². The third-order valence-corrected chi connectivity index (χ3v) is 8.39. The van der Waals surface area contributed by atoms with Crippen LogP contribution in [0.15, 0.2) is 155 Å². The number of benzene rings is 6. The molecule has 0 N–H and O–H groups in total. The monoisotopic (exact) mass is 647 g/mol. The van der Waals surface area contributed by atoms with E-state index in [1.54, 1.807) is 24.3 Å². The van der Waals surface area contributed by atoms with Crippen molar-refractivity contribution in [3.05, 3.63) is 156 Å². The van der Waals surface area contributed by atoms with Gasteiger partial charge in [0.15, 0.2) is 5.82 Å². The molecular formula is C43H30N4O2. The molecule has 3 aromatic heterocycles. The molecule has 0 saturated carbocycles. The first kappa shape index (κ1) is 18.1. The molecule has 0 amide bonds. The third-order valence-electron chi connectivity index (χ3n) is 8.39. The van der Waals surface area contributed by atoms with Gasteiger partial charge in [-0.05, 0) is 58.6 Å². The lowest BCUT2D eigenvalue weighted by molar-refractivity contribution is 0.669. The van der Waals surface area contributed by atoms with Crippen LogP contribution < -0.4 is 5.69 Å². The Morgan fingerprint density at radius 1 is 0.551 bits per heavy atom. The highest BCUT2D eigenvalue weighted by molar-refractivity contribution is 6.05. The van der Waals surface area contributed by atoms with E-state index in [0.717, 1.165) is 33.1 Å². The fourth-order valence-electron chi connectivity index (χ4n) is 5.87. The molecule has 9 rings (SSSR count). The van der Waals surface area contributed by atoms with Crippen LogP contribution in [0.2, 0.25) is 0 Å². The van der Waals surface area contributed by atoms with E-state index in [-0.39, 0.29) is 26.2 Å². The molecule has 0 atom stereocenters. The first-order valence-corrected chi connectivity index (χ1v) is 15.2. The van der Waals surface area contributed by atoms with Crippen LogP contribution in [0.25, 0.3) is 89.1 Å². The largest absolute Gasteiger partial charge is 0.456 e. The Labute approximate surface area is 300 Å². The minimum absolute atomic E-state index is 0.0108. The normalized spacial score (nSPS) is 15.9. The second-order valence-electron chi connectivity index (χ2n) is 11.4. The highest BCUT2D eigenvalue weighted by Gasteiger charge is 2.14. The molecule has 0 saturated heterocycles. The van der Waals surface area contributed by atoms with E-state index in [2.05, 4.69) is 0 Å². The summed E-state index contributed by atoms with van der Waals surface area (Å²) in [5, 5.41) is 2.02. The van der Waals surface area contributed by atoms with Crippen LogP contribution in [-0.2, 0) is 14.0 Å². The SMILES string of the molecule is [2H]c1c([2H])c(-c2c([2H])c([2H])c3c(c2[2H])n(C([2H])([2H])[2H])c(=O)n3C([2H])([2H])[2H])c([2H])c([2H])c1-c1cc(-c2ccc(-c3ccc4c(c3)oc3ccccc34)cc2)nc(-c2ccccc2)n1. The van der Waals surface area contributed by atoms with Crippen molar-refractivity contribution in [3.8, 4) is 56.2 Å². The van der Waals surface area contributed by atoms with E-state index >= 15 is 0 Å². The standard InChI is InChI=1S/C43H30N4O2/c1-46-38-23-21-32(24-39(38)47(2)43(46)48)27-12-16-29(17-13-27)36-26-37(45-42(44-36)31-8-4-3-5-9-31)30-18-14-28(15-19-30)33-20-22-35-34-10-6-7-11-40(34)49-41(35)25-33/h3-26H,1-2H3/i1D3,2D3,12D,13D,16D,17D,21D,23D,24D. The predicted molar refractivity (Wildman–Crippen MR) is 198 cm³/mol. The molecule has 6 nitrogen and oxygen atoms in total. The number of furan rings is 1. The number of aromatic nitrogens is 4. The highest BCUT2D eigenvalue weighted by atomic mass is 16.3. The van der Waals surface area contributed by atoms with Gasteiger partial charge in [0.25, 0.3) is 0 Å². The number of fused-ring (bicyclic) bond motifs is 4. The highest BCUT2D eigenvalue weighted by Crippen LogP contribution is 2.34. The molecule has 6 heteroatoms. The van der Waals surface area contributed by atoms with E-state index in [0.29, 0.717) is 16.8 Å². The molecule has 0 fully saturated rings. The minimum atomic E-state index is -3.35. The van der Waals surface area contributed by atoms with E-state index in [9.17, 15) is 7.54 Å². The Morgan fingerprint density at radius 3 is 1.98 bits per heavy atom. The Morgan fingerprint density at radius 2 is 1.18 bits per heavy atom. The van der Waals surface area contributed by atoms with Crippen LogP contribution in [0.3, 0.4) is 0 Å². The van der Waals surface area contributed by atoms with Crippen molar-refractivity contribution in [3.63, 3.8) is 0 Å². The lowest BCUT2D eigenvalue weighted by atomic mass is 9.99. The number of hydrogen-bond acceptors (Lipinski definition) is 4. The van der Waals surface area contributed by atoms with Gasteiger partial charge in [0.2, 0.25) is 0 Å². The molecule has 0 bridgehead atoms. The number of imidazole rings is 1. The average Bonchev–Trinajstić information content (AvgIpc) is 3.79. The van der Waals surface area contributed by atoms with Crippen molar-refractivity contribution in [2.45, 2.75) is 0 Å². The summed E-state index contributed by atoms with van der Waals surface area (Å²) < 4.78 is 117. The lowest BCUT2D eigenvalue weighted by Crippen LogP contribution is -2.19. The molecule has 9 aromatic rings. The van der Waals surface area contributed by atoms with Gasteiger partial charge in [-0.2, -0.15) is 0 Å². The molecule has 234 valence electrons. The van der Waals surface area contributed by atoms with Gasteiger partial charge in [-0.25, -0.2) is 14.8 Å². The van der Waals surface area contributed by atoms with Crippen molar-refractivity contribution in [1.82, 2.24) is 19.1 Å². The van der Waals surface area contributed by atoms with Crippen molar-refractivity contribution in [2.24, 2.45) is 14.0 Å². The summed E-state index contributed by atoms with van der Waals surface area (Å²) in [7, 11) is 0. The van der Waals surface area contributed by atoms with E-state index in [4.69, 9.17) is 29.5 Å². The molecule has 0 radical (unpaired) electrons. The molecule has 0 spiro atoms. The second kappa shape index (κ2) is 11.3. The van der Waals surface area contributed by atoms with Gasteiger partial charge in [0.1, 0.15) is 11.2 Å². The van der Waals surface area contributed by atoms with Gasteiger partial charge in [-0.3, -0.25) is 9.13 Å². The number of rotatable bonds is 5. The van der Waals surface area contributed by atoms with E-state index in [1.807, 2.05) is 72.8 Å². The Hall–Kier alpha value is -6.53. The number of hydrogen-bond donors (Lipinski definition) is 0. The number of nitrogens with zero attached hydrogens (tertiary/aromatic N) is 4. The van der Waals surface area contributed by atoms with Crippen molar-refractivity contribution in [2.75, 3.05) is 0 Å². The zero-order valence-electron chi connectivity index (χ0n) is 38.4. The molecule has 6 aromatic carbocycles. The Bertz CT molecular complexity index is 3340. The van der Waals surface area contributed by atoms with Gasteiger partial charge in [0.05, 0.1) is 32.0 Å². The maximum absolute atomic E-state index is 13.3. The molecule has 3 heterocycles. The Balaban J connectivity index is 1.20. The van der Waals surface area contributed by atoms with Crippen LogP contribution in [0.5, 0.6) is 0 Å². The van der Waals surface area contributed by atoms with Gasteiger partial charge in [0, 0.05) is 49.6 Å². The number of para-hydroxylation sites is 1. The molecule has 0 aliphatic rings. The summed E-state index contributed by atoms with van der Waals surface area (Å²) in [6.45, 7) is -6.66. The average molecular weight is 648 g/mol.